The van der Waals surface area contributed by atoms with Crippen LogP contribution in [0.3, 0.4) is 0 Å². The molecule has 0 saturated carbocycles. The largest absolute Gasteiger partial charge is 0.382 e. The van der Waals surface area contributed by atoms with Crippen molar-refractivity contribution in [1.29, 1.82) is 0 Å². The fraction of sp³-hybridized carbons (Fsp3) is 0.444. The Morgan fingerprint density at radius 2 is 1.81 bits per heavy atom. The lowest BCUT2D eigenvalue weighted by Gasteiger charge is -2.37. The van der Waals surface area contributed by atoms with Crippen LogP contribution in [0.25, 0.3) is 0 Å². The van der Waals surface area contributed by atoms with Crippen LogP contribution >= 0.6 is 11.5 Å². The zero-order valence-electron chi connectivity index (χ0n) is 16.3. The Balaban J connectivity index is 0.00000126. The lowest BCUT2D eigenvalue weighted by Crippen LogP contribution is -2.47. The van der Waals surface area contributed by atoms with Crippen molar-refractivity contribution in [3.63, 3.8) is 0 Å². The Morgan fingerprint density at radius 3 is 2.37 bits per heavy atom. The van der Waals surface area contributed by atoms with E-state index in [2.05, 4.69) is 26.8 Å². The molecule has 3 rings (SSSR count). The van der Waals surface area contributed by atoms with E-state index in [0.29, 0.717) is 11.3 Å². The van der Waals surface area contributed by atoms with Gasteiger partial charge in [-0.1, -0.05) is 13.8 Å². The van der Waals surface area contributed by atoms with Crippen molar-refractivity contribution < 1.29 is 4.39 Å². The fourth-order valence-corrected chi connectivity index (χ4v) is 3.87. The molecule has 5 N–H and O–H groups in total. The van der Waals surface area contributed by atoms with E-state index < -0.39 is 0 Å². The van der Waals surface area contributed by atoms with Crippen LogP contribution < -0.4 is 26.9 Å². The van der Waals surface area contributed by atoms with Crippen LogP contribution in [0.2, 0.25) is 0 Å². The average Bonchev–Trinajstić information content (AvgIpc) is 3.02. The number of benzene rings is 1. The highest BCUT2D eigenvalue weighted by Crippen LogP contribution is 2.30. The van der Waals surface area contributed by atoms with Gasteiger partial charge in [0.05, 0.1) is 17.1 Å². The number of anilines is 2. The van der Waals surface area contributed by atoms with Crippen molar-refractivity contribution in [2.45, 2.75) is 27.7 Å². The standard InChI is InChI=1S/C16H22FN7S.C2H6/c1-10-15(11(2)25-21-10)24-7-5-23(6-8-24)14-9-12(3-4-13(14)17)16(18)20-22-19;1-2/h3-4,9,22H,5-8,19H2,1-2H3,(H2,18,20);1-2H3. The quantitative estimate of drug-likeness (QED) is 0.319. The highest BCUT2D eigenvalue weighted by atomic mass is 32.1. The van der Waals surface area contributed by atoms with E-state index in [1.807, 2.05) is 25.7 Å². The molecule has 0 aliphatic carbocycles. The summed E-state index contributed by atoms with van der Waals surface area (Å²) in [7, 11) is 0. The average molecular weight is 394 g/mol. The first-order valence-corrected chi connectivity index (χ1v) is 9.80. The Labute approximate surface area is 164 Å². The van der Waals surface area contributed by atoms with Crippen molar-refractivity contribution in [2.75, 3.05) is 36.0 Å². The van der Waals surface area contributed by atoms with Gasteiger partial charge in [-0.15, -0.1) is 5.10 Å². The summed E-state index contributed by atoms with van der Waals surface area (Å²) in [5.74, 6) is 5.10. The number of hydrazine groups is 1. The van der Waals surface area contributed by atoms with Crippen LogP contribution in [0.4, 0.5) is 15.8 Å². The molecule has 0 unspecified atom stereocenters. The molecule has 0 amide bonds. The molecule has 1 aromatic heterocycles. The minimum atomic E-state index is -0.268. The summed E-state index contributed by atoms with van der Waals surface area (Å²) in [6.45, 7) is 11.2. The first kappa shape index (κ1) is 20.9. The lowest BCUT2D eigenvalue weighted by molar-refractivity contribution is 0.597. The Hall–Kier alpha value is -2.39. The first-order valence-electron chi connectivity index (χ1n) is 9.02. The molecule has 0 radical (unpaired) electrons. The lowest BCUT2D eigenvalue weighted by atomic mass is 10.1. The van der Waals surface area contributed by atoms with E-state index >= 15 is 0 Å². The SMILES string of the molecule is CC.Cc1nsc(C)c1N1CCN(c2cc(/C(N)=N/NN)ccc2F)CC1. The van der Waals surface area contributed by atoms with Crippen LogP contribution in [0.5, 0.6) is 0 Å². The third-order valence-corrected chi connectivity index (χ3v) is 5.19. The van der Waals surface area contributed by atoms with E-state index in [9.17, 15) is 4.39 Å². The van der Waals surface area contributed by atoms with Gasteiger partial charge < -0.3 is 15.5 Å². The van der Waals surface area contributed by atoms with Crippen molar-refractivity contribution in [2.24, 2.45) is 16.7 Å². The molecule has 27 heavy (non-hydrogen) atoms. The van der Waals surface area contributed by atoms with Gasteiger partial charge in [-0.25, -0.2) is 15.8 Å². The van der Waals surface area contributed by atoms with Crippen molar-refractivity contribution in [3.05, 3.63) is 40.2 Å². The minimum Gasteiger partial charge on any atom is -0.382 e. The van der Waals surface area contributed by atoms with E-state index in [-0.39, 0.29) is 11.7 Å². The van der Waals surface area contributed by atoms with Crippen LogP contribution in [0, 0.1) is 19.7 Å². The number of rotatable bonds is 4. The number of hydrazone groups is 1. The molecule has 7 nitrogen and oxygen atoms in total. The third-order valence-electron chi connectivity index (χ3n) is 4.36. The predicted molar refractivity (Wildman–Crippen MR) is 112 cm³/mol. The third kappa shape index (κ3) is 4.67. The number of nitrogens with zero attached hydrogens (tertiary/aromatic N) is 4. The second-order valence-electron chi connectivity index (χ2n) is 5.94. The van der Waals surface area contributed by atoms with E-state index in [1.54, 1.807) is 12.1 Å². The van der Waals surface area contributed by atoms with Gasteiger partial charge in [0.15, 0.2) is 5.84 Å². The molecule has 1 aromatic carbocycles. The highest BCUT2D eigenvalue weighted by Gasteiger charge is 2.23. The number of amidine groups is 1. The number of halogens is 1. The number of nitrogens with two attached hydrogens (primary N) is 2. The van der Waals surface area contributed by atoms with Gasteiger partial charge in [-0.05, 0) is 43.6 Å². The molecule has 0 bridgehead atoms. The molecular weight excluding hydrogens is 365 g/mol. The molecule has 9 heteroatoms. The van der Waals surface area contributed by atoms with Crippen molar-refractivity contribution in [3.8, 4) is 0 Å². The van der Waals surface area contributed by atoms with Crippen LogP contribution in [-0.2, 0) is 0 Å². The fourth-order valence-electron chi connectivity index (χ4n) is 3.15. The zero-order valence-corrected chi connectivity index (χ0v) is 17.1. The molecule has 0 spiro atoms. The van der Waals surface area contributed by atoms with Crippen molar-refractivity contribution >= 4 is 28.7 Å². The van der Waals surface area contributed by atoms with Gasteiger partial charge in [0.2, 0.25) is 0 Å². The summed E-state index contributed by atoms with van der Waals surface area (Å²) < 4.78 is 18.7. The maximum atomic E-state index is 14.3. The molecule has 0 atom stereocenters. The Kier molecular flexibility index (Phi) is 7.37. The number of hydrogen-bond acceptors (Lipinski definition) is 7. The maximum Gasteiger partial charge on any atom is 0.152 e. The molecular formula is C18H28FN7S. The molecule has 1 fully saturated rings. The number of piperazine rings is 1. The second kappa shape index (κ2) is 9.52. The van der Waals surface area contributed by atoms with E-state index in [1.165, 1.54) is 28.2 Å². The molecule has 148 valence electrons. The van der Waals surface area contributed by atoms with Gasteiger partial charge in [-0.2, -0.15) is 4.37 Å². The number of hydrogen-bond donors (Lipinski definition) is 3. The monoisotopic (exact) mass is 393 g/mol. The summed E-state index contributed by atoms with van der Waals surface area (Å²) in [6.07, 6.45) is 0. The normalized spacial score (nSPS) is 14.7. The van der Waals surface area contributed by atoms with Gasteiger partial charge in [0.25, 0.3) is 0 Å². The Morgan fingerprint density at radius 1 is 1.19 bits per heavy atom. The number of aromatic nitrogens is 1. The van der Waals surface area contributed by atoms with E-state index in [4.69, 9.17) is 11.6 Å². The summed E-state index contributed by atoms with van der Waals surface area (Å²) in [4.78, 5) is 5.57. The zero-order chi connectivity index (χ0) is 20.0. The first-order chi connectivity index (χ1) is 13.0. The van der Waals surface area contributed by atoms with Gasteiger partial charge in [0.1, 0.15) is 5.82 Å². The second-order valence-corrected chi connectivity index (χ2v) is 6.92. The number of nitrogens with one attached hydrogen (secondary N) is 1. The molecule has 1 saturated heterocycles. The molecule has 1 aliphatic rings. The minimum absolute atomic E-state index is 0.220. The Bertz CT molecular complexity index is 763. The van der Waals surface area contributed by atoms with Gasteiger partial charge >= 0.3 is 0 Å². The smallest absolute Gasteiger partial charge is 0.152 e. The summed E-state index contributed by atoms with van der Waals surface area (Å²) in [5, 5.41) is 3.74. The molecule has 2 aromatic rings. The topological polar surface area (TPSA) is 95.8 Å². The number of aryl methyl sites for hydroxylation is 2. The summed E-state index contributed by atoms with van der Waals surface area (Å²) >= 11 is 1.53. The van der Waals surface area contributed by atoms with Crippen LogP contribution in [-0.4, -0.2) is 36.4 Å². The maximum absolute atomic E-state index is 14.3. The predicted octanol–water partition coefficient (Wildman–Crippen LogP) is 2.34. The van der Waals surface area contributed by atoms with Crippen LogP contribution in [0.1, 0.15) is 30.0 Å². The van der Waals surface area contributed by atoms with Gasteiger partial charge in [0, 0.05) is 36.6 Å². The summed E-state index contributed by atoms with van der Waals surface area (Å²) in [6, 6.07) is 4.71. The molecule has 2 heterocycles. The van der Waals surface area contributed by atoms with Gasteiger partial charge in [-0.3, -0.25) is 0 Å². The molecule has 1 aliphatic heterocycles. The van der Waals surface area contributed by atoms with Crippen molar-refractivity contribution in [1.82, 2.24) is 9.91 Å². The van der Waals surface area contributed by atoms with E-state index in [0.717, 1.165) is 31.9 Å². The highest BCUT2D eigenvalue weighted by molar-refractivity contribution is 7.06. The summed E-state index contributed by atoms with van der Waals surface area (Å²) in [5.41, 5.74) is 11.4. The van der Waals surface area contributed by atoms with Crippen LogP contribution in [0.15, 0.2) is 23.3 Å².